The molecular weight excluding hydrogens is 192 g/mol. The van der Waals surface area contributed by atoms with Gasteiger partial charge in [-0.2, -0.15) is 13.8 Å². The lowest BCUT2D eigenvalue weighted by Crippen LogP contribution is -2.25. The fourth-order valence-corrected chi connectivity index (χ4v) is 1.12. The quantitative estimate of drug-likeness (QED) is 0.800. The molecule has 6 heteroatoms. The zero-order valence-electron chi connectivity index (χ0n) is 7.76. The molecule has 0 spiro atoms. The van der Waals surface area contributed by atoms with Crippen molar-refractivity contribution in [2.24, 2.45) is 5.73 Å². The highest BCUT2D eigenvalue weighted by atomic mass is 19.3. The molecule has 0 atom stereocenters. The van der Waals surface area contributed by atoms with Crippen LogP contribution in [-0.4, -0.2) is 16.7 Å². The second-order valence-corrected chi connectivity index (χ2v) is 3.89. The second kappa shape index (κ2) is 2.73. The molecule has 0 aliphatic heterocycles. The molecule has 1 saturated carbocycles. The molecule has 0 amide bonds. The van der Waals surface area contributed by atoms with Crippen LogP contribution in [0.1, 0.15) is 31.5 Å². The van der Waals surface area contributed by atoms with Gasteiger partial charge < -0.3 is 10.3 Å². The molecule has 1 aromatic rings. The van der Waals surface area contributed by atoms with Crippen LogP contribution in [-0.2, 0) is 11.3 Å². The minimum Gasteiger partial charge on any atom is -0.333 e. The zero-order valence-corrected chi connectivity index (χ0v) is 7.76. The standard InChI is InChI=1S/C8H11F2N3O/c1-7(2-3-7)5-12-6(14-13-5)8(9,10)4-11/h2-4,11H2,1H3. The molecule has 1 heterocycles. The van der Waals surface area contributed by atoms with Crippen LogP contribution < -0.4 is 5.73 Å². The van der Waals surface area contributed by atoms with Gasteiger partial charge in [-0.25, -0.2) is 0 Å². The molecule has 0 unspecified atom stereocenters. The first-order valence-electron chi connectivity index (χ1n) is 4.40. The fraction of sp³-hybridized carbons (Fsp3) is 0.750. The minimum absolute atomic E-state index is 0.160. The highest BCUT2D eigenvalue weighted by molar-refractivity contribution is 5.15. The number of aromatic nitrogens is 2. The molecule has 1 aliphatic rings. The first-order chi connectivity index (χ1) is 6.48. The lowest BCUT2D eigenvalue weighted by Gasteiger charge is -2.06. The van der Waals surface area contributed by atoms with Crippen LogP contribution in [0.25, 0.3) is 0 Å². The summed E-state index contributed by atoms with van der Waals surface area (Å²) in [6.07, 6.45) is 1.83. The monoisotopic (exact) mass is 203 g/mol. The van der Waals surface area contributed by atoms with Crippen LogP contribution in [0.15, 0.2) is 4.52 Å². The molecule has 0 radical (unpaired) electrons. The fourth-order valence-electron chi connectivity index (χ4n) is 1.12. The van der Waals surface area contributed by atoms with Gasteiger partial charge in [0.25, 0.3) is 5.89 Å². The van der Waals surface area contributed by atoms with Crippen molar-refractivity contribution in [2.75, 3.05) is 6.54 Å². The number of alkyl halides is 2. The van der Waals surface area contributed by atoms with Gasteiger partial charge in [0.05, 0.1) is 6.54 Å². The van der Waals surface area contributed by atoms with E-state index in [-0.39, 0.29) is 5.41 Å². The number of nitrogens with two attached hydrogens (primary N) is 1. The summed E-state index contributed by atoms with van der Waals surface area (Å²) in [5.74, 6) is -3.53. The summed E-state index contributed by atoms with van der Waals surface area (Å²) < 4.78 is 30.5. The normalized spacial score (nSPS) is 19.7. The Morgan fingerprint density at radius 2 is 2.21 bits per heavy atom. The van der Waals surface area contributed by atoms with Crippen molar-refractivity contribution >= 4 is 0 Å². The van der Waals surface area contributed by atoms with Crippen molar-refractivity contribution in [3.05, 3.63) is 11.7 Å². The lowest BCUT2D eigenvalue weighted by molar-refractivity contribution is -0.0260. The predicted octanol–water partition coefficient (Wildman–Crippen LogP) is 1.17. The Morgan fingerprint density at radius 3 is 2.71 bits per heavy atom. The van der Waals surface area contributed by atoms with Gasteiger partial charge in [-0.15, -0.1) is 0 Å². The van der Waals surface area contributed by atoms with Crippen LogP contribution in [0, 0.1) is 0 Å². The van der Waals surface area contributed by atoms with Crippen molar-refractivity contribution < 1.29 is 13.3 Å². The van der Waals surface area contributed by atoms with Gasteiger partial charge in [0.2, 0.25) is 0 Å². The average Bonchev–Trinajstić information content (AvgIpc) is 2.72. The summed E-state index contributed by atoms with van der Waals surface area (Å²) >= 11 is 0. The molecule has 0 bridgehead atoms. The van der Waals surface area contributed by atoms with Gasteiger partial charge in [0.15, 0.2) is 5.82 Å². The molecule has 1 aromatic heterocycles. The third kappa shape index (κ3) is 1.39. The summed E-state index contributed by atoms with van der Waals surface area (Å²) in [5.41, 5.74) is 4.73. The zero-order chi connectivity index (χ0) is 10.4. The first-order valence-corrected chi connectivity index (χ1v) is 4.40. The van der Waals surface area contributed by atoms with E-state index in [9.17, 15) is 8.78 Å². The Balaban J connectivity index is 2.26. The molecule has 0 aromatic carbocycles. The van der Waals surface area contributed by atoms with Gasteiger partial charge in [-0.05, 0) is 12.8 Å². The number of hydrogen-bond acceptors (Lipinski definition) is 4. The van der Waals surface area contributed by atoms with Crippen molar-refractivity contribution in [2.45, 2.75) is 31.1 Å². The average molecular weight is 203 g/mol. The molecule has 2 rings (SSSR count). The molecule has 2 N–H and O–H groups in total. The topological polar surface area (TPSA) is 64.9 Å². The predicted molar refractivity (Wildman–Crippen MR) is 43.8 cm³/mol. The van der Waals surface area contributed by atoms with E-state index in [0.29, 0.717) is 5.82 Å². The van der Waals surface area contributed by atoms with Crippen LogP contribution >= 0.6 is 0 Å². The number of nitrogens with zero attached hydrogens (tertiary/aromatic N) is 2. The number of rotatable bonds is 3. The van der Waals surface area contributed by atoms with Crippen LogP contribution in [0.2, 0.25) is 0 Å². The smallest absolute Gasteiger partial charge is 0.333 e. The van der Waals surface area contributed by atoms with E-state index in [2.05, 4.69) is 14.7 Å². The maximum atomic E-state index is 13.0. The van der Waals surface area contributed by atoms with E-state index in [4.69, 9.17) is 5.73 Å². The van der Waals surface area contributed by atoms with E-state index in [1.54, 1.807) is 0 Å². The Bertz CT molecular complexity index is 346. The summed E-state index contributed by atoms with van der Waals surface area (Å²) in [7, 11) is 0. The highest BCUT2D eigenvalue weighted by Gasteiger charge is 2.46. The Kier molecular flexibility index (Phi) is 1.85. The molecular formula is C8H11F2N3O. The van der Waals surface area contributed by atoms with Gasteiger partial charge in [0.1, 0.15) is 0 Å². The number of hydrogen-bond donors (Lipinski definition) is 1. The van der Waals surface area contributed by atoms with Crippen LogP contribution in [0.4, 0.5) is 8.78 Å². The van der Waals surface area contributed by atoms with E-state index in [1.807, 2.05) is 6.92 Å². The Labute approximate surface area is 79.5 Å². The molecule has 1 fully saturated rings. The number of halogens is 2. The largest absolute Gasteiger partial charge is 0.336 e. The molecule has 0 saturated heterocycles. The van der Waals surface area contributed by atoms with E-state index >= 15 is 0 Å². The van der Waals surface area contributed by atoms with Gasteiger partial charge in [0, 0.05) is 5.41 Å². The highest BCUT2D eigenvalue weighted by Crippen LogP contribution is 2.46. The Hall–Kier alpha value is -1.04. The maximum absolute atomic E-state index is 13.0. The molecule has 78 valence electrons. The van der Waals surface area contributed by atoms with Crippen LogP contribution in [0.5, 0.6) is 0 Å². The van der Waals surface area contributed by atoms with Gasteiger partial charge in [-0.3, -0.25) is 0 Å². The van der Waals surface area contributed by atoms with Crippen molar-refractivity contribution in [1.29, 1.82) is 0 Å². The summed E-state index contributed by atoms with van der Waals surface area (Å²) in [6.45, 7) is 1.10. The van der Waals surface area contributed by atoms with Gasteiger partial charge in [-0.1, -0.05) is 12.1 Å². The van der Waals surface area contributed by atoms with Crippen molar-refractivity contribution in [3.63, 3.8) is 0 Å². The Morgan fingerprint density at radius 1 is 1.57 bits per heavy atom. The van der Waals surface area contributed by atoms with Gasteiger partial charge >= 0.3 is 5.92 Å². The van der Waals surface area contributed by atoms with Crippen LogP contribution in [0.3, 0.4) is 0 Å². The molecule has 4 nitrogen and oxygen atoms in total. The summed E-state index contributed by atoms with van der Waals surface area (Å²) in [6, 6.07) is 0. The SMILES string of the molecule is CC1(c2noc(C(F)(F)CN)n2)CC1. The maximum Gasteiger partial charge on any atom is 0.336 e. The molecule has 1 aliphatic carbocycles. The summed E-state index contributed by atoms with van der Waals surface area (Å²) in [5, 5.41) is 3.54. The van der Waals surface area contributed by atoms with Crippen molar-refractivity contribution in [3.8, 4) is 0 Å². The minimum atomic E-state index is -3.21. The molecule has 14 heavy (non-hydrogen) atoms. The van der Waals surface area contributed by atoms with E-state index in [1.165, 1.54) is 0 Å². The first kappa shape index (κ1) is 9.51. The third-order valence-electron chi connectivity index (χ3n) is 2.54. The van der Waals surface area contributed by atoms with E-state index < -0.39 is 18.4 Å². The third-order valence-corrected chi connectivity index (χ3v) is 2.54. The van der Waals surface area contributed by atoms with E-state index in [0.717, 1.165) is 12.8 Å². The lowest BCUT2D eigenvalue weighted by atomic mass is 10.1. The second-order valence-electron chi connectivity index (χ2n) is 3.89. The summed E-state index contributed by atoms with van der Waals surface area (Å²) in [4.78, 5) is 3.68. The van der Waals surface area contributed by atoms with Crippen molar-refractivity contribution in [1.82, 2.24) is 10.1 Å².